The second-order valence-corrected chi connectivity index (χ2v) is 4.00. The second-order valence-electron chi connectivity index (χ2n) is 3.60. The summed E-state index contributed by atoms with van der Waals surface area (Å²) in [6.45, 7) is 0. The van der Waals surface area contributed by atoms with E-state index in [-0.39, 0.29) is 17.0 Å². The molecule has 0 heterocycles. The van der Waals surface area contributed by atoms with Crippen LogP contribution in [-0.4, -0.2) is 19.1 Å². The fourth-order valence-corrected chi connectivity index (χ4v) is 1.74. The maximum atomic E-state index is 12.7. The summed E-state index contributed by atoms with van der Waals surface area (Å²) in [5.74, 6) is -0.789. The lowest BCUT2D eigenvalue weighted by atomic mass is 10.00. The average molecular weight is 282 g/mol. The molecule has 1 aromatic rings. The van der Waals surface area contributed by atoms with E-state index in [2.05, 4.69) is 4.74 Å². The average Bonchev–Trinajstić information content (AvgIpc) is 2.29. The van der Waals surface area contributed by atoms with Crippen molar-refractivity contribution in [1.82, 2.24) is 0 Å². The van der Waals surface area contributed by atoms with E-state index in [0.717, 1.165) is 13.2 Å². The topological polar surface area (TPSA) is 52.3 Å². The van der Waals surface area contributed by atoms with Crippen molar-refractivity contribution in [3.8, 4) is 0 Å². The SMILES string of the molecule is COC(=O)C(N)Cc1c(Cl)cccc1C(F)(F)F. The third-order valence-corrected chi connectivity index (χ3v) is 2.71. The molecular formula is C11H11ClF3NO2. The highest BCUT2D eigenvalue weighted by molar-refractivity contribution is 6.31. The van der Waals surface area contributed by atoms with E-state index in [1.807, 2.05) is 0 Å². The van der Waals surface area contributed by atoms with Gasteiger partial charge in [0.25, 0.3) is 0 Å². The van der Waals surface area contributed by atoms with Gasteiger partial charge in [-0.15, -0.1) is 0 Å². The van der Waals surface area contributed by atoms with Crippen LogP contribution in [0, 0.1) is 0 Å². The van der Waals surface area contributed by atoms with Crippen molar-refractivity contribution in [1.29, 1.82) is 0 Å². The number of hydrogen-bond donors (Lipinski definition) is 1. The third-order valence-electron chi connectivity index (χ3n) is 2.35. The molecule has 0 bridgehead atoms. The van der Waals surface area contributed by atoms with Gasteiger partial charge < -0.3 is 10.5 Å². The Labute approximate surface area is 107 Å². The molecule has 3 nitrogen and oxygen atoms in total. The van der Waals surface area contributed by atoms with E-state index in [9.17, 15) is 18.0 Å². The van der Waals surface area contributed by atoms with Gasteiger partial charge in [0.15, 0.2) is 0 Å². The summed E-state index contributed by atoms with van der Waals surface area (Å²) in [4.78, 5) is 11.1. The molecule has 1 rings (SSSR count). The smallest absolute Gasteiger partial charge is 0.416 e. The molecule has 0 aliphatic carbocycles. The lowest BCUT2D eigenvalue weighted by molar-refractivity contribution is -0.143. The summed E-state index contributed by atoms with van der Waals surface area (Å²) in [6.07, 6.45) is -4.88. The van der Waals surface area contributed by atoms with Gasteiger partial charge in [-0.2, -0.15) is 13.2 Å². The Morgan fingerprint density at radius 3 is 2.61 bits per heavy atom. The first-order valence-corrected chi connectivity index (χ1v) is 5.33. The number of halogens is 4. The van der Waals surface area contributed by atoms with Crippen LogP contribution >= 0.6 is 11.6 Å². The number of nitrogens with two attached hydrogens (primary N) is 1. The van der Waals surface area contributed by atoms with Crippen LogP contribution in [0.2, 0.25) is 5.02 Å². The number of alkyl halides is 3. The summed E-state index contributed by atoms with van der Waals surface area (Å²) < 4.78 is 42.6. The lowest BCUT2D eigenvalue weighted by Gasteiger charge is -2.16. The van der Waals surface area contributed by atoms with Gasteiger partial charge in [-0.1, -0.05) is 17.7 Å². The van der Waals surface area contributed by atoms with Crippen LogP contribution in [0.4, 0.5) is 13.2 Å². The quantitative estimate of drug-likeness (QED) is 0.866. The molecule has 0 spiro atoms. The maximum Gasteiger partial charge on any atom is 0.416 e. The highest BCUT2D eigenvalue weighted by atomic mass is 35.5. The van der Waals surface area contributed by atoms with Crippen molar-refractivity contribution >= 4 is 17.6 Å². The number of carbonyl (C=O) groups is 1. The molecule has 1 aromatic carbocycles. The van der Waals surface area contributed by atoms with Gasteiger partial charge >= 0.3 is 12.1 Å². The van der Waals surface area contributed by atoms with E-state index in [0.29, 0.717) is 0 Å². The monoisotopic (exact) mass is 281 g/mol. The molecule has 1 unspecified atom stereocenters. The Kier molecular flexibility index (Phi) is 4.59. The molecular weight excluding hydrogens is 271 g/mol. The van der Waals surface area contributed by atoms with Gasteiger partial charge in [-0.05, 0) is 17.7 Å². The van der Waals surface area contributed by atoms with Crippen molar-refractivity contribution in [2.75, 3.05) is 7.11 Å². The van der Waals surface area contributed by atoms with Crippen molar-refractivity contribution < 1.29 is 22.7 Å². The van der Waals surface area contributed by atoms with Crippen LogP contribution in [0.15, 0.2) is 18.2 Å². The van der Waals surface area contributed by atoms with Crippen LogP contribution < -0.4 is 5.73 Å². The normalized spacial score (nSPS) is 13.2. The van der Waals surface area contributed by atoms with E-state index >= 15 is 0 Å². The standard InChI is InChI=1S/C11H11ClF3NO2/c1-18-10(17)9(16)5-6-7(11(13,14)15)3-2-4-8(6)12/h2-4,9H,5,16H2,1H3. The van der Waals surface area contributed by atoms with Gasteiger partial charge in [0, 0.05) is 11.4 Å². The number of benzene rings is 1. The number of rotatable bonds is 3. The Bertz CT molecular complexity index is 448. The molecule has 18 heavy (non-hydrogen) atoms. The lowest BCUT2D eigenvalue weighted by Crippen LogP contribution is -2.34. The van der Waals surface area contributed by atoms with E-state index in [1.54, 1.807) is 0 Å². The highest BCUT2D eigenvalue weighted by Crippen LogP contribution is 2.35. The number of carbonyl (C=O) groups excluding carboxylic acids is 1. The largest absolute Gasteiger partial charge is 0.468 e. The van der Waals surface area contributed by atoms with Crippen LogP contribution in [-0.2, 0) is 22.1 Å². The molecule has 0 saturated heterocycles. The minimum Gasteiger partial charge on any atom is -0.468 e. The van der Waals surface area contributed by atoms with E-state index in [4.69, 9.17) is 17.3 Å². The third kappa shape index (κ3) is 3.36. The zero-order chi connectivity index (χ0) is 13.9. The van der Waals surface area contributed by atoms with Crippen LogP contribution in [0.3, 0.4) is 0 Å². The zero-order valence-corrected chi connectivity index (χ0v) is 10.2. The van der Waals surface area contributed by atoms with Crippen molar-refractivity contribution in [2.45, 2.75) is 18.6 Å². The second kappa shape index (κ2) is 5.58. The summed E-state index contributed by atoms with van der Waals surface area (Å²) in [5, 5.41) is -0.0795. The fraction of sp³-hybridized carbons (Fsp3) is 0.364. The first-order chi connectivity index (χ1) is 8.27. The van der Waals surface area contributed by atoms with E-state index in [1.165, 1.54) is 12.1 Å². The minimum absolute atomic E-state index is 0.0795. The van der Waals surface area contributed by atoms with Crippen molar-refractivity contribution in [3.05, 3.63) is 34.3 Å². The predicted octanol–water partition coefficient (Wildman–Crippen LogP) is 2.40. The summed E-state index contributed by atoms with van der Waals surface area (Å²) in [6, 6.07) is 2.22. The molecule has 0 aromatic heterocycles. The minimum atomic E-state index is -4.55. The van der Waals surface area contributed by atoms with Crippen LogP contribution in [0.1, 0.15) is 11.1 Å². The van der Waals surface area contributed by atoms with Gasteiger partial charge in [0.1, 0.15) is 6.04 Å². The molecule has 0 amide bonds. The van der Waals surface area contributed by atoms with E-state index < -0.39 is 23.8 Å². The van der Waals surface area contributed by atoms with Crippen molar-refractivity contribution in [2.24, 2.45) is 5.73 Å². The number of methoxy groups -OCH3 is 1. The summed E-state index contributed by atoms with van der Waals surface area (Å²) in [5.41, 5.74) is 4.34. The van der Waals surface area contributed by atoms with Gasteiger partial charge in [-0.25, -0.2) is 0 Å². The molecule has 0 saturated carbocycles. The molecule has 0 radical (unpaired) electrons. The maximum absolute atomic E-state index is 12.7. The molecule has 0 aliphatic heterocycles. The van der Waals surface area contributed by atoms with Gasteiger partial charge in [-0.3, -0.25) is 4.79 Å². The first-order valence-electron chi connectivity index (χ1n) is 4.95. The molecule has 2 N–H and O–H groups in total. The zero-order valence-electron chi connectivity index (χ0n) is 9.42. The Morgan fingerprint density at radius 2 is 2.11 bits per heavy atom. The summed E-state index contributed by atoms with van der Waals surface area (Å²) in [7, 11) is 1.11. The molecule has 1 atom stereocenters. The molecule has 0 aliphatic rings. The molecule has 100 valence electrons. The molecule has 7 heteroatoms. The van der Waals surface area contributed by atoms with Gasteiger partial charge in [0.2, 0.25) is 0 Å². The highest BCUT2D eigenvalue weighted by Gasteiger charge is 2.34. The summed E-state index contributed by atoms with van der Waals surface area (Å²) >= 11 is 5.72. The predicted molar refractivity (Wildman–Crippen MR) is 60.1 cm³/mol. The van der Waals surface area contributed by atoms with Gasteiger partial charge in [0.05, 0.1) is 12.7 Å². The Balaban J connectivity index is 3.12. The number of hydrogen-bond acceptors (Lipinski definition) is 3. The van der Waals surface area contributed by atoms with Crippen LogP contribution in [0.25, 0.3) is 0 Å². The Hall–Kier alpha value is -1.27. The van der Waals surface area contributed by atoms with Crippen LogP contribution in [0.5, 0.6) is 0 Å². The Morgan fingerprint density at radius 1 is 1.50 bits per heavy atom. The fourth-order valence-electron chi connectivity index (χ4n) is 1.49. The van der Waals surface area contributed by atoms with Crippen molar-refractivity contribution in [3.63, 3.8) is 0 Å². The molecule has 0 fully saturated rings. The number of ether oxygens (including phenoxy) is 1. The number of esters is 1. The first kappa shape index (κ1) is 14.8.